The lowest BCUT2D eigenvalue weighted by Crippen LogP contribution is -2.43. The summed E-state index contributed by atoms with van der Waals surface area (Å²) in [6, 6.07) is -0.0947. The second-order valence-electron chi connectivity index (χ2n) is 3.45. The summed E-state index contributed by atoms with van der Waals surface area (Å²) in [5.74, 6) is 0. The maximum atomic E-state index is 11.5. The lowest BCUT2D eigenvalue weighted by Gasteiger charge is -2.26. The number of primary amides is 1. The number of piperidine rings is 1. The molecule has 1 heterocycles. The fraction of sp³-hybridized carbons (Fsp3) is 0.778. The van der Waals surface area contributed by atoms with Crippen LogP contribution in [0, 0.1) is 0 Å². The van der Waals surface area contributed by atoms with Gasteiger partial charge in [0.1, 0.15) is 6.61 Å². The number of nitrogens with zero attached hydrogens (tertiary/aromatic N) is 1. The summed E-state index contributed by atoms with van der Waals surface area (Å²) in [7, 11) is 0. The molecule has 0 spiro atoms. The number of likely N-dealkylation sites (tertiary alicyclic amines) is 1. The molecule has 1 fully saturated rings. The van der Waals surface area contributed by atoms with Gasteiger partial charge in [0.2, 0.25) is 0 Å². The van der Waals surface area contributed by atoms with Gasteiger partial charge in [0, 0.05) is 13.1 Å². The Balaban J connectivity index is 2.09. The highest BCUT2D eigenvalue weighted by Gasteiger charge is 2.15. The van der Waals surface area contributed by atoms with Crippen molar-refractivity contribution < 1.29 is 14.3 Å². The predicted octanol–water partition coefficient (Wildman–Crippen LogP) is 0.277. The first-order valence-electron chi connectivity index (χ1n) is 5.15. The molecule has 3 N–H and O–H groups in total. The minimum Gasteiger partial charge on any atom is -0.448 e. The molecule has 1 aliphatic rings. The van der Waals surface area contributed by atoms with Gasteiger partial charge in [-0.2, -0.15) is 0 Å². The molecule has 0 unspecified atom stereocenters. The number of carbonyl (C=O) groups is 2. The lowest BCUT2D eigenvalue weighted by atomic mass is 10.1. The molecular formula is C9H17N3O3. The summed E-state index contributed by atoms with van der Waals surface area (Å²) in [4.78, 5) is 23.5. The highest BCUT2D eigenvalue weighted by Crippen LogP contribution is 2.07. The van der Waals surface area contributed by atoms with Gasteiger partial charge in [0.05, 0.1) is 6.54 Å². The average molecular weight is 215 g/mol. The van der Waals surface area contributed by atoms with E-state index in [0.717, 1.165) is 25.9 Å². The number of nitrogens with one attached hydrogen (secondary N) is 1. The number of carbonyl (C=O) groups excluding carboxylic acids is 2. The Hall–Kier alpha value is -1.46. The summed E-state index contributed by atoms with van der Waals surface area (Å²) >= 11 is 0. The van der Waals surface area contributed by atoms with E-state index in [1.807, 2.05) is 0 Å². The Morgan fingerprint density at radius 3 is 2.53 bits per heavy atom. The smallest absolute Gasteiger partial charge is 0.404 e. The monoisotopic (exact) mass is 215 g/mol. The van der Waals surface area contributed by atoms with E-state index in [9.17, 15) is 9.59 Å². The van der Waals surface area contributed by atoms with E-state index in [4.69, 9.17) is 5.73 Å². The summed E-state index contributed by atoms with van der Waals surface area (Å²) in [6.07, 6.45) is 2.49. The van der Waals surface area contributed by atoms with E-state index in [1.54, 1.807) is 4.90 Å². The molecule has 0 aromatic heterocycles. The molecule has 0 radical (unpaired) electrons. The van der Waals surface area contributed by atoms with Gasteiger partial charge in [-0.1, -0.05) is 0 Å². The van der Waals surface area contributed by atoms with Crippen molar-refractivity contribution in [3.8, 4) is 0 Å². The minimum absolute atomic E-state index is 0.0947. The Labute approximate surface area is 88.7 Å². The van der Waals surface area contributed by atoms with Gasteiger partial charge >= 0.3 is 12.1 Å². The van der Waals surface area contributed by atoms with Crippen LogP contribution in [0.2, 0.25) is 0 Å². The average Bonchev–Trinajstić information content (AvgIpc) is 2.25. The Kier molecular flexibility index (Phi) is 4.73. The number of ether oxygens (including phenoxy) is 1. The highest BCUT2D eigenvalue weighted by molar-refractivity contribution is 5.74. The number of nitrogens with two attached hydrogens (primary N) is 1. The van der Waals surface area contributed by atoms with Crippen molar-refractivity contribution in [1.82, 2.24) is 10.2 Å². The van der Waals surface area contributed by atoms with Crippen molar-refractivity contribution >= 4 is 12.1 Å². The normalized spacial score (nSPS) is 15.9. The molecule has 1 rings (SSSR count). The first-order chi connectivity index (χ1) is 7.20. The van der Waals surface area contributed by atoms with E-state index in [2.05, 4.69) is 10.1 Å². The molecular weight excluding hydrogens is 198 g/mol. The molecule has 0 aliphatic carbocycles. The zero-order chi connectivity index (χ0) is 11.1. The zero-order valence-corrected chi connectivity index (χ0v) is 8.70. The zero-order valence-electron chi connectivity index (χ0n) is 8.70. The predicted molar refractivity (Wildman–Crippen MR) is 54.4 cm³/mol. The van der Waals surface area contributed by atoms with E-state index in [1.165, 1.54) is 6.42 Å². The van der Waals surface area contributed by atoms with Crippen LogP contribution in [0.25, 0.3) is 0 Å². The van der Waals surface area contributed by atoms with Gasteiger partial charge in [0.15, 0.2) is 0 Å². The molecule has 3 amide bonds. The first-order valence-corrected chi connectivity index (χ1v) is 5.15. The molecule has 1 saturated heterocycles. The molecule has 15 heavy (non-hydrogen) atoms. The topological polar surface area (TPSA) is 84.7 Å². The maximum Gasteiger partial charge on any atom is 0.404 e. The van der Waals surface area contributed by atoms with Crippen LogP contribution in [0.4, 0.5) is 9.59 Å². The van der Waals surface area contributed by atoms with Crippen LogP contribution >= 0.6 is 0 Å². The molecule has 6 heteroatoms. The van der Waals surface area contributed by atoms with Crippen molar-refractivity contribution in [2.24, 2.45) is 5.73 Å². The van der Waals surface area contributed by atoms with Crippen LogP contribution in [0.3, 0.4) is 0 Å². The van der Waals surface area contributed by atoms with Gasteiger partial charge in [-0.15, -0.1) is 0 Å². The fourth-order valence-electron chi connectivity index (χ4n) is 1.52. The third-order valence-corrected chi connectivity index (χ3v) is 2.27. The number of amides is 3. The summed E-state index contributed by atoms with van der Waals surface area (Å²) in [6.45, 7) is 2.04. The SMILES string of the molecule is NC(=O)OCCNC(=O)N1CCCCC1. The molecule has 86 valence electrons. The van der Waals surface area contributed by atoms with Crippen LogP contribution < -0.4 is 11.1 Å². The van der Waals surface area contributed by atoms with E-state index >= 15 is 0 Å². The Bertz CT molecular complexity index is 227. The van der Waals surface area contributed by atoms with Crippen LogP contribution in [-0.2, 0) is 4.74 Å². The quantitative estimate of drug-likeness (QED) is 0.663. The van der Waals surface area contributed by atoms with Gasteiger partial charge in [-0.3, -0.25) is 0 Å². The van der Waals surface area contributed by atoms with Crippen LogP contribution in [0.1, 0.15) is 19.3 Å². The van der Waals surface area contributed by atoms with Gasteiger partial charge < -0.3 is 20.7 Å². The standard InChI is InChI=1S/C9H17N3O3/c10-8(13)15-7-4-11-9(14)12-5-2-1-3-6-12/h1-7H2,(H2,10,13)(H,11,14). The van der Waals surface area contributed by atoms with Gasteiger partial charge in [-0.05, 0) is 19.3 Å². The number of urea groups is 1. The highest BCUT2D eigenvalue weighted by atomic mass is 16.5. The largest absolute Gasteiger partial charge is 0.448 e. The van der Waals surface area contributed by atoms with Crippen LogP contribution in [0.15, 0.2) is 0 Å². The molecule has 0 aromatic rings. The second kappa shape index (κ2) is 6.10. The van der Waals surface area contributed by atoms with Crippen molar-refractivity contribution in [2.75, 3.05) is 26.2 Å². The van der Waals surface area contributed by atoms with Gasteiger partial charge in [0.25, 0.3) is 0 Å². The first kappa shape index (κ1) is 11.6. The van der Waals surface area contributed by atoms with Crippen molar-refractivity contribution in [2.45, 2.75) is 19.3 Å². The van der Waals surface area contributed by atoms with E-state index in [-0.39, 0.29) is 12.6 Å². The third-order valence-electron chi connectivity index (χ3n) is 2.27. The lowest BCUT2D eigenvalue weighted by molar-refractivity contribution is 0.153. The summed E-state index contributed by atoms with van der Waals surface area (Å²) < 4.78 is 4.49. The molecule has 0 bridgehead atoms. The summed E-state index contributed by atoms with van der Waals surface area (Å²) in [5.41, 5.74) is 4.77. The molecule has 0 atom stereocenters. The molecule has 1 aliphatic heterocycles. The van der Waals surface area contributed by atoms with Crippen LogP contribution in [-0.4, -0.2) is 43.3 Å². The Morgan fingerprint density at radius 2 is 1.93 bits per heavy atom. The third kappa shape index (κ3) is 4.53. The molecule has 0 aromatic carbocycles. The number of rotatable bonds is 3. The van der Waals surface area contributed by atoms with Crippen molar-refractivity contribution in [1.29, 1.82) is 0 Å². The second-order valence-corrected chi connectivity index (χ2v) is 3.45. The maximum absolute atomic E-state index is 11.5. The van der Waals surface area contributed by atoms with Gasteiger partial charge in [-0.25, -0.2) is 9.59 Å². The Morgan fingerprint density at radius 1 is 1.27 bits per heavy atom. The number of hydrogen-bond acceptors (Lipinski definition) is 3. The van der Waals surface area contributed by atoms with Crippen LogP contribution in [0.5, 0.6) is 0 Å². The number of hydrogen-bond donors (Lipinski definition) is 2. The van der Waals surface area contributed by atoms with E-state index < -0.39 is 6.09 Å². The fourth-order valence-corrected chi connectivity index (χ4v) is 1.52. The van der Waals surface area contributed by atoms with Crippen molar-refractivity contribution in [3.63, 3.8) is 0 Å². The van der Waals surface area contributed by atoms with E-state index in [0.29, 0.717) is 6.54 Å². The summed E-state index contributed by atoms with van der Waals surface area (Å²) in [5, 5.41) is 2.66. The van der Waals surface area contributed by atoms with Crippen molar-refractivity contribution in [3.05, 3.63) is 0 Å². The molecule has 0 saturated carbocycles. The minimum atomic E-state index is -0.817. The molecule has 6 nitrogen and oxygen atoms in total.